The third kappa shape index (κ3) is 10.1. The highest BCUT2D eigenvalue weighted by molar-refractivity contribution is 6.33. The van der Waals surface area contributed by atoms with E-state index in [1.165, 1.54) is 0 Å². The van der Waals surface area contributed by atoms with E-state index in [4.69, 9.17) is 37.4 Å². The van der Waals surface area contributed by atoms with Gasteiger partial charge in [-0.25, -0.2) is 9.59 Å². The monoisotopic (exact) mass is 554 g/mol. The normalized spacial score (nSPS) is 16.1. The predicted molar refractivity (Wildman–Crippen MR) is 144 cm³/mol. The maximum atomic E-state index is 12.2. The van der Waals surface area contributed by atoms with Crippen LogP contribution < -0.4 is 9.47 Å². The molecule has 2 rings (SSSR count). The minimum Gasteiger partial charge on any atom is -0.477 e. The van der Waals surface area contributed by atoms with Gasteiger partial charge in [-0.05, 0) is 37.1 Å². The average molecular weight is 555 g/mol. The smallest absolute Gasteiger partial charge is 0.364 e. The van der Waals surface area contributed by atoms with Gasteiger partial charge in [-0.2, -0.15) is 0 Å². The van der Waals surface area contributed by atoms with Gasteiger partial charge in [0, 0.05) is 12.8 Å². The summed E-state index contributed by atoms with van der Waals surface area (Å²) >= 11 is 13.0. The summed E-state index contributed by atoms with van der Waals surface area (Å²) in [5.74, 6) is -2.03. The molecule has 204 valence electrons. The molecule has 0 aliphatic heterocycles. The molecule has 2 aromatic rings. The van der Waals surface area contributed by atoms with Crippen LogP contribution in [0.1, 0.15) is 65.2 Å². The number of hydrogen-bond acceptors (Lipinski definition) is 5. The largest absolute Gasteiger partial charge is 0.477 e. The molecule has 0 aliphatic carbocycles. The molecule has 2 aromatic carbocycles. The first kappa shape index (κ1) is 30.7. The first-order valence-electron chi connectivity index (χ1n) is 12.6. The Morgan fingerprint density at radius 3 is 1.38 bits per heavy atom. The lowest BCUT2D eigenvalue weighted by molar-refractivity contribution is -0.155. The molecular formula is C28H36Cl2O7. The molecular weight excluding hydrogens is 519 g/mol. The lowest BCUT2D eigenvalue weighted by Crippen LogP contribution is -2.45. The van der Waals surface area contributed by atoms with Gasteiger partial charge in [0.1, 0.15) is 11.5 Å². The lowest BCUT2D eigenvalue weighted by Gasteiger charge is -2.33. The fraction of sp³-hybridized carbons (Fsp3) is 0.500. The number of unbranched alkanes of at least 4 members (excludes halogenated alkanes) is 2. The van der Waals surface area contributed by atoms with Crippen LogP contribution in [0.25, 0.3) is 0 Å². The summed E-state index contributed by atoms with van der Waals surface area (Å²) in [6.45, 7) is 4.03. The van der Waals surface area contributed by atoms with Gasteiger partial charge in [0.25, 0.3) is 10.1 Å². The van der Waals surface area contributed by atoms with Crippen molar-refractivity contribution in [2.45, 2.75) is 87.5 Å². The van der Waals surface area contributed by atoms with Crippen molar-refractivity contribution in [1.82, 2.24) is 0 Å². The maximum Gasteiger partial charge on any atom is 0.364 e. The van der Waals surface area contributed by atoms with E-state index < -0.39 is 34.3 Å². The molecule has 7 nitrogen and oxygen atoms in total. The number of benzene rings is 2. The fourth-order valence-electron chi connectivity index (χ4n) is 3.85. The van der Waals surface area contributed by atoms with Gasteiger partial charge >= 0.3 is 11.9 Å². The van der Waals surface area contributed by atoms with E-state index in [0.29, 0.717) is 24.3 Å². The second-order valence-corrected chi connectivity index (χ2v) is 10.2. The van der Waals surface area contributed by atoms with Crippen LogP contribution in [0.3, 0.4) is 0 Å². The molecule has 0 heterocycles. The van der Waals surface area contributed by atoms with Gasteiger partial charge in [-0.3, -0.25) is 0 Å². The van der Waals surface area contributed by atoms with Crippen molar-refractivity contribution in [3.8, 4) is 11.5 Å². The predicted octanol–water partition coefficient (Wildman–Crippen LogP) is 7.10. The number of carbonyl (C=O) groups is 2. The molecule has 0 bridgehead atoms. The van der Waals surface area contributed by atoms with Gasteiger partial charge in [-0.1, -0.05) is 99.1 Å². The summed E-state index contributed by atoms with van der Waals surface area (Å²) < 4.78 is 17.8. The molecule has 0 fully saturated rings. The lowest BCUT2D eigenvalue weighted by atomic mass is 10.0. The highest BCUT2D eigenvalue weighted by Crippen LogP contribution is 2.34. The molecule has 0 aromatic heterocycles. The number of carboxylic acid groups (broad SMARTS) is 2. The van der Waals surface area contributed by atoms with E-state index in [9.17, 15) is 19.8 Å². The Kier molecular flexibility index (Phi) is 12.5. The number of carboxylic acids is 2. The van der Waals surface area contributed by atoms with Crippen molar-refractivity contribution in [3.05, 3.63) is 60.7 Å². The topological polar surface area (TPSA) is 102 Å². The zero-order chi connectivity index (χ0) is 27.3. The standard InChI is InChI=1S/C28H36Cl2O7/c1-3-5-13-23(19-27(29,25(31)32)36-21-15-9-7-10-16-21)35-24(14-6-4-2)20-28(30,26(33)34)37-22-17-11-8-12-18-22/h7-12,15-18,23-24H,3-6,13-14,19-20H2,1-2H3,(H,31,32)(H,33,34). The first-order chi connectivity index (χ1) is 17.6. The van der Waals surface area contributed by atoms with Crippen LogP contribution in [0.4, 0.5) is 0 Å². The summed E-state index contributed by atoms with van der Waals surface area (Å²) in [4.78, 5) is 24.4. The number of halogens is 2. The van der Waals surface area contributed by atoms with Gasteiger partial charge in [0.15, 0.2) is 0 Å². The van der Waals surface area contributed by atoms with E-state index >= 15 is 0 Å². The van der Waals surface area contributed by atoms with Gasteiger partial charge in [0.2, 0.25) is 0 Å². The highest BCUT2D eigenvalue weighted by atomic mass is 35.5. The van der Waals surface area contributed by atoms with Gasteiger partial charge in [-0.15, -0.1) is 0 Å². The number of ether oxygens (including phenoxy) is 3. The summed E-state index contributed by atoms with van der Waals surface area (Å²) in [5.41, 5.74) is 0. The highest BCUT2D eigenvalue weighted by Gasteiger charge is 2.45. The molecule has 9 heteroatoms. The van der Waals surface area contributed by atoms with Crippen LogP contribution in [0.15, 0.2) is 60.7 Å². The van der Waals surface area contributed by atoms with Crippen LogP contribution in [-0.4, -0.2) is 44.5 Å². The Hall–Kier alpha value is -2.48. The van der Waals surface area contributed by atoms with E-state index in [2.05, 4.69) is 0 Å². The zero-order valence-electron chi connectivity index (χ0n) is 21.3. The zero-order valence-corrected chi connectivity index (χ0v) is 22.8. The van der Waals surface area contributed by atoms with E-state index in [0.717, 1.165) is 25.7 Å². The van der Waals surface area contributed by atoms with E-state index in [1.807, 2.05) is 13.8 Å². The van der Waals surface area contributed by atoms with Crippen molar-refractivity contribution in [3.63, 3.8) is 0 Å². The molecule has 37 heavy (non-hydrogen) atoms. The fourth-order valence-corrected chi connectivity index (χ4v) is 4.38. The van der Waals surface area contributed by atoms with Gasteiger partial charge in [0.05, 0.1) is 12.2 Å². The summed E-state index contributed by atoms with van der Waals surface area (Å²) in [6.07, 6.45) is 2.72. The van der Waals surface area contributed by atoms with Crippen molar-refractivity contribution in [1.29, 1.82) is 0 Å². The Morgan fingerprint density at radius 2 is 1.08 bits per heavy atom. The minimum atomic E-state index is -2.07. The second kappa shape index (κ2) is 15.1. The third-order valence-corrected chi connectivity index (χ3v) is 6.60. The first-order valence-corrected chi connectivity index (χ1v) is 13.4. The number of aliphatic carboxylic acids is 2. The Labute approximate surface area is 228 Å². The molecule has 4 atom stereocenters. The molecule has 0 saturated carbocycles. The minimum absolute atomic E-state index is 0.149. The van der Waals surface area contributed by atoms with Crippen molar-refractivity contribution in [2.75, 3.05) is 0 Å². The Morgan fingerprint density at radius 1 is 0.730 bits per heavy atom. The molecule has 2 N–H and O–H groups in total. The average Bonchev–Trinajstić information content (AvgIpc) is 2.86. The molecule has 0 radical (unpaired) electrons. The van der Waals surface area contributed by atoms with E-state index in [-0.39, 0.29) is 12.8 Å². The van der Waals surface area contributed by atoms with Crippen LogP contribution in [0.2, 0.25) is 0 Å². The molecule has 0 amide bonds. The number of hydrogen-bond donors (Lipinski definition) is 2. The maximum absolute atomic E-state index is 12.2. The van der Waals surface area contributed by atoms with Crippen molar-refractivity contribution < 1.29 is 34.0 Å². The van der Waals surface area contributed by atoms with Crippen molar-refractivity contribution in [2.24, 2.45) is 0 Å². The SMILES string of the molecule is CCCCC(CC(Cl)(Oc1ccccc1)C(=O)O)OC(CCCC)CC(Cl)(Oc1ccccc1)C(=O)O. The molecule has 0 spiro atoms. The summed E-state index contributed by atoms with van der Waals surface area (Å²) in [5, 5.41) is 15.7. The number of alkyl halides is 2. The third-order valence-electron chi connectivity index (χ3n) is 5.81. The Balaban J connectivity index is 2.27. The van der Waals surface area contributed by atoms with E-state index in [1.54, 1.807) is 60.7 Å². The molecule has 4 unspecified atom stereocenters. The quantitative estimate of drug-likeness (QED) is 0.189. The molecule has 0 saturated heterocycles. The molecule has 0 aliphatic rings. The second-order valence-electron chi connectivity index (χ2n) is 8.97. The van der Waals surface area contributed by atoms with Crippen LogP contribution in [-0.2, 0) is 14.3 Å². The Bertz CT molecular complexity index is 882. The van der Waals surface area contributed by atoms with Crippen LogP contribution in [0.5, 0.6) is 11.5 Å². The van der Waals surface area contributed by atoms with Crippen LogP contribution >= 0.6 is 23.2 Å². The summed E-state index contributed by atoms with van der Waals surface area (Å²) in [6, 6.07) is 17.0. The van der Waals surface area contributed by atoms with Crippen molar-refractivity contribution >= 4 is 35.1 Å². The summed E-state index contributed by atoms with van der Waals surface area (Å²) in [7, 11) is 0. The number of para-hydroxylation sites is 2. The number of rotatable bonds is 18. The van der Waals surface area contributed by atoms with Gasteiger partial charge < -0.3 is 24.4 Å². The van der Waals surface area contributed by atoms with Crippen LogP contribution in [0, 0.1) is 0 Å².